The van der Waals surface area contributed by atoms with Gasteiger partial charge in [-0.25, -0.2) is 0 Å². The SMILES string of the molecule is COc1cccc(CN2Cc3ccccc3[C@]23CO[C@H](C(=O)N(C)Cc2ccccn2)C3)c1. The minimum Gasteiger partial charge on any atom is -0.497 e. The van der Waals surface area contributed by atoms with Crippen LogP contribution in [0.25, 0.3) is 0 Å². The van der Waals surface area contributed by atoms with E-state index in [1.54, 1.807) is 18.2 Å². The zero-order chi connectivity index (χ0) is 22.8. The predicted molar refractivity (Wildman–Crippen MR) is 125 cm³/mol. The molecule has 3 heterocycles. The number of fused-ring (bicyclic) bond motifs is 2. The van der Waals surface area contributed by atoms with E-state index in [4.69, 9.17) is 9.47 Å². The molecule has 1 saturated heterocycles. The van der Waals surface area contributed by atoms with Gasteiger partial charge in [0.2, 0.25) is 0 Å². The molecule has 0 saturated carbocycles. The molecule has 2 atom stereocenters. The molecule has 0 bridgehead atoms. The van der Waals surface area contributed by atoms with Gasteiger partial charge in [0.25, 0.3) is 5.91 Å². The van der Waals surface area contributed by atoms with Crippen LogP contribution >= 0.6 is 0 Å². The lowest BCUT2D eigenvalue weighted by atomic mass is 9.86. The number of nitrogens with zero attached hydrogens (tertiary/aromatic N) is 3. The van der Waals surface area contributed by atoms with E-state index >= 15 is 0 Å². The van der Waals surface area contributed by atoms with E-state index in [-0.39, 0.29) is 11.4 Å². The van der Waals surface area contributed by atoms with Crippen LogP contribution in [-0.4, -0.2) is 47.6 Å². The predicted octanol–water partition coefficient (Wildman–Crippen LogP) is 3.75. The van der Waals surface area contributed by atoms with Crippen LogP contribution in [0.4, 0.5) is 0 Å². The van der Waals surface area contributed by atoms with Gasteiger partial charge in [-0.2, -0.15) is 0 Å². The Morgan fingerprint density at radius 3 is 2.85 bits per heavy atom. The van der Waals surface area contributed by atoms with Gasteiger partial charge < -0.3 is 14.4 Å². The van der Waals surface area contributed by atoms with Gasteiger partial charge in [0.1, 0.15) is 11.9 Å². The molecule has 170 valence electrons. The maximum atomic E-state index is 13.3. The zero-order valence-corrected chi connectivity index (χ0v) is 19.1. The van der Waals surface area contributed by atoms with Gasteiger partial charge >= 0.3 is 0 Å². The van der Waals surface area contributed by atoms with Crippen molar-refractivity contribution in [3.63, 3.8) is 0 Å². The number of ether oxygens (including phenoxy) is 2. The molecular formula is C27H29N3O3. The molecule has 2 aliphatic heterocycles. The Kier molecular flexibility index (Phi) is 5.87. The molecule has 2 aromatic carbocycles. The third kappa shape index (κ3) is 4.12. The first-order chi connectivity index (χ1) is 16.1. The topological polar surface area (TPSA) is 54.9 Å². The maximum absolute atomic E-state index is 13.3. The highest BCUT2D eigenvalue weighted by Crippen LogP contribution is 2.47. The number of amides is 1. The van der Waals surface area contributed by atoms with Crippen molar-refractivity contribution < 1.29 is 14.3 Å². The number of aromatic nitrogens is 1. The molecule has 1 spiro atoms. The van der Waals surface area contributed by atoms with E-state index in [9.17, 15) is 4.79 Å². The number of pyridine rings is 1. The Labute approximate surface area is 194 Å². The first-order valence-corrected chi connectivity index (χ1v) is 11.3. The minimum absolute atomic E-state index is 0.00300. The van der Waals surface area contributed by atoms with Gasteiger partial charge in [0.05, 0.1) is 31.5 Å². The van der Waals surface area contributed by atoms with Crippen LogP contribution in [0.15, 0.2) is 72.9 Å². The standard InChI is InChI=1S/C27H29N3O3/c1-29(18-22-10-5-6-13-28-22)26(31)25-15-27(19-33-25)24-12-4-3-9-21(24)17-30(27)16-20-8-7-11-23(14-20)32-2/h3-14,25H,15-19H2,1-2H3/t25-,27-/m0/s1. The van der Waals surface area contributed by atoms with Gasteiger partial charge in [-0.3, -0.25) is 14.7 Å². The molecule has 0 N–H and O–H groups in total. The van der Waals surface area contributed by atoms with Crippen LogP contribution in [0.2, 0.25) is 0 Å². The minimum atomic E-state index is -0.474. The number of hydrogen-bond donors (Lipinski definition) is 0. The zero-order valence-electron chi connectivity index (χ0n) is 19.1. The van der Waals surface area contributed by atoms with Crippen LogP contribution in [-0.2, 0) is 34.7 Å². The molecule has 5 rings (SSSR count). The molecule has 1 fully saturated rings. The summed E-state index contributed by atoms with van der Waals surface area (Å²) in [5.74, 6) is 0.855. The van der Waals surface area contributed by atoms with E-state index in [0.29, 0.717) is 19.6 Å². The van der Waals surface area contributed by atoms with Gasteiger partial charge in [-0.1, -0.05) is 42.5 Å². The molecular weight excluding hydrogens is 414 g/mol. The number of rotatable bonds is 6. The van der Waals surface area contributed by atoms with Crippen molar-refractivity contribution in [1.82, 2.24) is 14.8 Å². The molecule has 2 aliphatic rings. The van der Waals surface area contributed by atoms with Crippen molar-refractivity contribution in [3.05, 3.63) is 95.3 Å². The van der Waals surface area contributed by atoms with Crippen LogP contribution in [0.5, 0.6) is 5.75 Å². The summed E-state index contributed by atoms with van der Waals surface area (Å²) in [6.07, 6.45) is 1.91. The summed E-state index contributed by atoms with van der Waals surface area (Å²) >= 11 is 0. The quantitative estimate of drug-likeness (QED) is 0.581. The molecule has 0 unspecified atom stereocenters. The molecule has 0 aliphatic carbocycles. The van der Waals surface area contributed by atoms with Crippen molar-refractivity contribution in [3.8, 4) is 5.75 Å². The smallest absolute Gasteiger partial charge is 0.251 e. The van der Waals surface area contributed by atoms with E-state index in [1.807, 2.05) is 37.4 Å². The second kappa shape index (κ2) is 8.96. The monoisotopic (exact) mass is 443 g/mol. The highest BCUT2D eigenvalue weighted by atomic mass is 16.5. The lowest BCUT2D eigenvalue weighted by Gasteiger charge is -2.35. The average molecular weight is 444 g/mol. The van der Waals surface area contributed by atoms with Crippen molar-refractivity contribution in [2.75, 3.05) is 20.8 Å². The number of carbonyl (C=O) groups is 1. The highest BCUT2D eigenvalue weighted by Gasteiger charge is 2.52. The fourth-order valence-corrected chi connectivity index (χ4v) is 5.13. The first-order valence-electron chi connectivity index (χ1n) is 11.3. The summed E-state index contributed by atoms with van der Waals surface area (Å²) < 4.78 is 11.6. The summed E-state index contributed by atoms with van der Waals surface area (Å²) in [6, 6.07) is 22.5. The Balaban J connectivity index is 1.38. The number of hydrogen-bond acceptors (Lipinski definition) is 5. The first kappa shape index (κ1) is 21.6. The highest BCUT2D eigenvalue weighted by molar-refractivity contribution is 5.81. The van der Waals surface area contributed by atoms with E-state index < -0.39 is 6.10 Å². The van der Waals surface area contributed by atoms with Gasteiger partial charge in [-0.15, -0.1) is 0 Å². The Morgan fingerprint density at radius 2 is 2.03 bits per heavy atom. The molecule has 0 radical (unpaired) electrons. The van der Waals surface area contributed by atoms with Gasteiger partial charge in [0.15, 0.2) is 0 Å². The number of likely N-dealkylation sites (N-methyl/N-ethyl adjacent to an activating group) is 1. The largest absolute Gasteiger partial charge is 0.497 e. The summed E-state index contributed by atoms with van der Waals surface area (Å²) in [4.78, 5) is 21.8. The lowest BCUT2D eigenvalue weighted by Crippen LogP contribution is -2.42. The Hall–Kier alpha value is -3.22. The van der Waals surface area contributed by atoms with Gasteiger partial charge in [-0.05, 0) is 41.0 Å². The van der Waals surface area contributed by atoms with E-state index in [0.717, 1.165) is 24.5 Å². The second-order valence-electron chi connectivity index (χ2n) is 8.92. The van der Waals surface area contributed by atoms with Gasteiger partial charge in [0, 0.05) is 32.8 Å². The summed E-state index contributed by atoms with van der Waals surface area (Å²) in [6.45, 7) is 2.57. The molecule has 1 amide bonds. The third-order valence-corrected chi connectivity index (χ3v) is 6.82. The normalized spacial score (nSPS) is 21.8. The molecule has 1 aromatic heterocycles. The van der Waals surface area contributed by atoms with Crippen LogP contribution in [0.1, 0.15) is 28.8 Å². The molecule has 3 aromatic rings. The molecule has 33 heavy (non-hydrogen) atoms. The van der Waals surface area contributed by atoms with Crippen LogP contribution in [0.3, 0.4) is 0 Å². The van der Waals surface area contributed by atoms with Crippen molar-refractivity contribution in [2.45, 2.75) is 37.7 Å². The van der Waals surface area contributed by atoms with Crippen molar-refractivity contribution in [1.29, 1.82) is 0 Å². The average Bonchev–Trinajstić information content (AvgIpc) is 3.42. The fourth-order valence-electron chi connectivity index (χ4n) is 5.13. The van der Waals surface area contributed by atoms with E-state index in [2.05, 4.69) is 46.3 Å². The van der Waals surface area contributed by atoms with Crippen LogP contribution < -0.4 is 4.74 Å². The number of methoxy groups -OCH3 is 1. The van der Waals surface area contributed by atoms with E-state index in [1.165, 1.54) is 16.7 Å². The fraction of sp³-hybridized carbons (Fsp3) is 0.333. The Morgan fingerprint density at radius 1 is 1.18 bits per heavy atom. The summed E-state index contributed by atoms with van der Waals surface area (Å²) in [5, 5.41) is 0. The summed E-state index contributed by atoms with van der Waals surface area (Å²) in [5.41, 5.74) is 4.32. The van der Waals surface area contributed by atoms with Crippen molar-refractivity contribution in [2.24, 2.45) is 0 Å². The lowest BCUT2D eigenvalue weighted by molar-refractivity contribution is -0.140. The maximum Gasteiger partial charge on any atom is 0.251 e. The second-order valence-corrected chi connectivity index (χ2v) is 8.92. The number of benzene rings is 2. The molecule has 6 nitrogen and oxygen atoms in total. The molecule has 6 heteroatoms. The van der Waals surface area contributed by atoms with Crippen molar-refractivity contribution >= 4 is 5.91 Å². The third-order valence-electron chi connectivity index (χ3n) is 6.82. The van der Waals surface area contributed by atoms with Crippen LogP contribution in [0, 0.1) is 0 Å². The Bertz CT molecular complexity index is 1140. The summed E-state index contributed by atoms with van der Waals surface area (Å²) in [7, 11) is 3.51. The number of carbonyl (C=O) groups excluding carboxylic acids is 1.